The number of carbonyl (C=O) groups excluding carboxylic acids is 1. The fourth-order valence-corrected chi connectivity index (χ4v) is 1.57. The van der Waals surface area contributed by atoms with Crippen molar-refractivity contribution in [1.82, 2.24) is 15.1 Å². The summed E-state index contributed by atoms with van der Waals surface area (Å²) < 4.78 is 9.47. The molecule has 0 aliphatic carbocycles. The Morgan fingerprint density at radius 3 is 2.90 bits per heavy atom. The highest BCUT2D eigenvalue weighted by molar-refractivity contribution is 5.88. The van der Waals surface area contributed by atoms with Crippen molar-refractivity contribution in [2.24, 2.45) is 0 Å². The molecule has 0 atom stereocenters. The van der Waals surface area contributed by atoms with Gasteiger partial charge in [-0.2, -0.15) is 4.98 Å². The number of aryl methyl sites for hydroxylation is 1. The summed E-state index contributed by atoms with van der Waals surface area (Å²) in [6.07, 6.45) is 0.556. The molecule has 106 valence electrons. The number of nitrogen functional groups attached to an aromatic ring is 1. The summed E-state index contributed by atoms with van der Waals surface area (Å²) in [6, 6.07) is 3.11. The third kappa shape index (κ3) is 3.22. The average Bonchev–Trinajstić information content (AvgIpc) is 2.85. The predicted molar refractivity (Wildman–Crippen MR) is 71.2 cm³/mol. The summed E-state index contributed by atoms with van der Waals surface area (Å²) in [6.45, 7) is 2.24. The molecule has 0 saturated heterocycles. The van der Waals surface area contributed by atoms with Crippen molar-refractivity contribution >= 4 is 17.5 Å². The minimum absolute atomic E-state index is 0.194. The predicted octanol–water partition coefficient (Wildman–Crippen LogP) is 0.796. The Morgan fingerprint density at radius 2 is 2.25 bits per heavy atom. The van der Waals surface area contributed by atoms with Gasteiger partial charge in [0, 0.05) is 19.9 Å². The number of carbonyl (C=O) groups is 1. The zero-order valence-electron chi connectivity index (χ0n) is 11.2. The van der Waals surface area contributed by atoms with E-state index in [1.807, 2.05) is 0 Å². The van der Waals surface area contributed by atoms with Crippen LogP contribution in [-0.4, -0.2) is 34.7 Å². The molecule has 0 unspecified atom stereocenters. The van der Waals surface area contributed by atoms with Crippen LogP contribution in [0.5, 0.6) is 0 Å². The molecule has 0 radical (unpaired) electrons. The first-order chi connectivity index (χ1) is 9.60. The number of hydrogen-bond donors (Lipinski definition) is 2. The highest BCUT2D eigenvalue weighted by Gasteiger charge is 2.10. The van der Waals surface area contributed by atoms with E-state index in [4.69, 9.17) is 10.3 Å². The van der Waals surface area contributed by atoms with Crippen molar-refractivity contribution in [3.63, 3.8) is 0 Å². The molecule has 8 nitrogen and oxygen atoms in total. The van der Waals surface area contributed by atoms with Crippen LogP contribution in [0.4, 0.5) is 11.5 Å². The van der Waals surface area contributed by atoms with Crippen LogP contribution in [-0.2, 0) is 11.2 Å². The summed E-state index contributed by atoms with van der Waals surface area (Å²) in [4.78, 5) is 19.6. The minimum atomic E-state index is -0.512. The molecule has 0 aliphatic heterocycles. The molecule has 0 fully saturated rings. The van der Waals surface area contributed by atoms with Crippen molar-refractivity contribution in [3.05, 3.63) is 29.5 Å². The molecule has 0 aromatic carbocycles. The van der Waals surface area contributed by atoms with E-state index < -0.39 is 5.97 Å². The Bertz CT molecular complexity index is 611. The number of rotatable bonds is 5. The van der Waals surface area contributed by atoms with Crippen molar-refractivity contribution in [1.29, 1.82) is 0 Å². The molecule has 8 heteroatoms. The number of nitrogens with zero attached hydrogens (tertiary/aromatic N) is 3. The normalized spacial score (nSPS) is 10.3. The van der Waals surface area contributed by atoms with Crippen LogP contribution < -0.4 is 11.1 Å². The van der Waals surface area contributed by atoms with Crippen LogP contribution in [0.15, 0.2) is 16.7 Å². The number of esters is 1. The van der Waals surface area contributed by atoms with Crippen molar-refractivity contribution in [2.75, 3.05) is 24.7 Å². The smallest absolute Gasteiger partial charge is 0.356 e. The third-order valence-corrected chi connectivity index (χ3v) is 2.53. The van der Waals surface area contributed by atoms with E-state index in [0.717, 1.165) is 0 Å². The van der Waals surface area contributed by atoms with Gasteiger partial charge in [0.25, 0.3) is 0 Å². The van der Waals surface area contributed by atoms with Crippen LogP contribution in [0, 0.1) is 6.92 Å². The van der Waals surface area contributed by atoms with Gasteiger partial charge < -0.3 is 20.3 Å². The zero-order valence-corrected chi connectivity index (χ0v) is 11.2. The van der Waals surface area contributed by atoms with Gasteiger partial charge in [-0.1, -0.05) is 5.16 Å². The SMILES string of the molecule is COC(=O)c1ccc(N)c(NCCc2noc(C)n2)n1. The van der Waals surface area contributed by atoms with Gasteiger partial charge in [0.1, 0.15) is 5.82 Å². The molecule has 2 heterocycles. The molecule has 0 amide bonds. The number of aromatic nitrogens is 3. The largest absolute Gasteiger partial charge is 0.464 e. The van der Waals surface area contributed by atoms with Crippen molar-refractivity contribution in [2.45, 2.75) is 13.3 Å². The van der Waals surface area contributed by atoms with Gasteiger partial charge >= 0.3 is 5.97 Å². The molecule has 0 saturated carbocycles. The van der Waals surface area contributed by atoms with Gasteiger partial charge in [-0.15, -0.1) is 0 Å². The lowest BCUT2D eigenvalue weighted by atomic mass is 10.3. The third-order valence-electron chi connectivity index (χ3n) is 2.53. The summed E-state index contributed by atoms with van der Waals surface area (Å²) in [5.41, 5.74) is 6.43. The molecule has 0 bridgehead atoms. The zero-order chi connectivity index (χ0) is 14.5. The molecule has 0 spiro atoms. The monoisotopic (exact) mass is 277 g/mol. The lowest BCUT2D eigenvalue weighted by molar-refractivity contribution is 0.0594. The van der Waals surface area contributed by atoms with Crippen LogP contribution in [0.3, 0.4) is 0 Å². The van der Waals surface area contributed by atoms with E-state index >= 15 is 0 Å². The highest BCUT2D eigenvalue weighted by atomic mass is 16.5. The number of nitrogens with one attached hydrogen (secondary N) is 1. The first-order valence-electron chi connectivity index (χ1n) is 5.98. The van der Waals surface area contributed by atoms with Crippen LogP contribution in [0.1, 0.15) is 22.2 Å². The number of anilines is 2. The summed E-state index contributed by atoms with van der Waals surface area (Å²) in [7, 11) is 1.30. The molecular weight excluding hydrogens is 262 g/mol. The number of pyridine rings is 1. The molecule has 3 N–H and O–H groups in total. The van der Waals surface area contributed by atoms with Gasteiger partial charge in [0.2, 0.25) is 5.89 Å². The first kappa shape index (κ1) is 13.8. The van der Waals surface area contributed by atoms with E-state index in [2.05, 4.69) is 25.2 Å². The summed E-state index contributed by atoms with van der Waals surface area (Å²) >= 11 is 0. The van der Waals surface area contributed by atoms with E-state index in [1.165, 1.54) is 13.2 Å². The van der Waals surface area contributed by atoms with Gasteiger partial charge in [-0.3, -0.25) is 0 Å². The van der Waals surface area contributed by atoms with E-state index in [0.29, 0.717) is 36.2 Å². The Morgan fingerprint density at radius 1 is 1.45 bits per heavy atom. The molecule has 0 aliphatic rings. The Labute approximate surface area is 115 Å². The average molecular weight is 277 g/mol. The maximum atomic E-state index is 11.4. The van der Waals surface area contributed by atoms with Crippen LogP contribution in [0.2, 0.25) is 0 Å². The second-order valence-corrected chi connectivity index (χ2v) is 4.03. The van der Waals surface area contributed by atoms with Crippen molar-refractivity contribution in [3.8, 4) is 0 Å². The van der Waals surface area contributed by atoms with Crippen LogP contribution in [0.25, 0.3) is 0 Å². The lowest BCUT2D eigenvalue weighted by Gasteiger charge is -2.08. The maximum absolute atomic E-state index is 11.4. The maximum Gasteiger partial charge on any atom is 0.356 e. The number of ether oxygens (including phenoxy) is 1. The molecule has 2 aromatic heterocycles. The minimum Gasteiger partial charge on any atom is -0.464 e. The number of nitrogens with two attached hydrogens (primary N) is 1. The second kappa shape index (κ2) is 6.00. The standard InChI is InChI=1S/C12H15N5O3/c1-7-15-10(17-20-7)5-6-14-11-8(13)3-4-9(16-11)12(18)19-2/h3-4H,5-6,13H2,1-2H3,(H,14,16). The Hall–Kier alpha value is -2.64. The summed E-state index contributed by atoms with van der Waals surface area (Å²) in [5, 5.41) is 6.80. The molecule has 2 aromatic rings. The van der Waals surface area contributed by atoms with Gasteiger partial charge in [-0.25, -0.2) is 9.78 Å². The van der Waals surface area contributed by atoms with Gasteiger partial charge in [0.15, 0.2) is 11.5 Å². The quantitative estimate of drug-likeness (QED) is 0.771. The first-order valence-corrected chi connectivity index (χ1v) is 5.98. The number of methoxy groups -OCH3 is 1. The fraction of sp³-hybridized carbons (Fsp3) is 0.333. The molecule has 20 heavy (non-hydrogen) atoms. The Kier molecular flexibility index (Phi) is 4.14. The second-order valence-electron chi connectivity index (χ2n) is 4.03. The Balaban J connectivity index is 1.99. The molecule has 2 rings (SSSR count). The fourth-order valence-electron chi connectivity index (χ4n) is 1.57. The highest BCUT2D eigenvalue weighted by Crippen LogP contribution is 2.16. The van der Waals surface area contributed by atoms with Gasteiger partial charge in [-0.05, 0) is 12.1 Å². The summed E-state index contributed by atoms with van der Waals surface area (Å²) in [5.74, 6) is 1.03. The van der Waals surface area contributed by atoms with E-state index in [1.54, 1.807) is 13.0 Å². The van der Waals surface area contributed by atoms with E-state index in [-0.39, 0.29) is 5.69 Å². The van der Waals surface area contributed by atoms with Gasteiger partial charge in [0.05, 0.1) is 12.8 Å². The molecular formula is C12H15N5O3. The van der Waals surface area contributed by atoms with Crippen LogP contribution >= 0.6 is 0 Å². The van der Waals surface area contributed by atoms with E-state index in [9.17, 15) is 4.79 Å². The topological polar surface area (TPSA) is 116 Å². The van der Waals surface area contributed by atoms with Crippen molar-refractivity contribution < 1.29 is 14.1 Å². The number of hydrogen-bond acceptors (Lipinski definition) is 8. The lowest BCUT2D eigenvalue weighted by Crippen LogP contribution is -2.12.